The molecule has 0 aliphatic heterocycles. The average molecular weight is 312 g/mol. The number of thiophene rings is 1. The van der Waals surface area contributed by atoms with Gasteiger partial charge in [-0.1, -0.05) is 6.92 Å². The lowest BCUT2D eigenvalue weighted by Crippen LogP contribution is -2.23. The van der Waals surface area contributed by atoms with E-state index in [2.05, 4.69) is 50.3 Å². The third kappa shape index (κ3) is 3.59. The van der Waals surface area contributed by atoms with Crippen molar-refractivity contribution in [1.82, 2.24) is 15.3 Å². The predicted octanol–water partition coefficient (Wildman–Crippen LogP) is 3.19. The smallest absolute Gasteiger partial charge is 0.0759 e. The van der Waals surface area contributed by atoms with E-state index >= 15 is 0 Å². The van der Waals surface area contributed by atoms with E-state index in [1.807, 2.05) is 6.20 Å². The highest BCUT2D eigenvalue weighted by Crippen LogP contribution is 2.26. The number of rotatable bonds is 5. The number of nitrogens with one attached hydrogen (secondary N) is 1. The van der Waals surface area contributed by atoms with E-state index in [0.717, 1.165) is 18.7 Å². The van der Waals surface area contributed by atoms with Crippen LogP contribution in [0.15, 0.2) is 34.5 Å². The van der Waals surface area contributed by atoms with Gasteiger partial charge in [0.25, 0.3) is 0 Å². The van der Waals surface area contributed by atoms with E-state index in [1.54, 1.807) is 23.7 Å². The molecule has 0 bridgehead atoms. The Labute approximate surface area is 113 Å². The lowest BCUT2D eigenvalue weighted by molar-refractivity contribution is 0.538. The Bertz CT molecular complexity index is 458. The van der Waals surface area contributed by atoms with E-state index in [0.29, 0.717) is 0 Å². The van der Waals surface area contributed by atoms with Crippen LogP contribution in [0.1, 0.15) is 23.5 Å². The van der Waals surface area contributed by atoms with Crippen molar-refractivity contribution in [1.29, 1.82) is 0 Å². The Morgan fingerprint density at radius 1 is 1.41 bits per heavy atom. The molecule has 2 aromatic heterocycles. The minimum atomic E-state index is 0.235. The lowest BCUT2D eigenvalue weighted by atomic mass is 10.1. The maximum absolute atomic E-state index is 4.37. The Kier molecular flexibility index (Phi) is 4.65. The molecular weight excluding hydrogens is 298 g/mol. The summed E-state index contributed by atoms with van der Waals surface area (Å²) in [7, 11) is 0. The summed E-state index contributed by atoms with van der Waals surface area (Å²) in [5.41, 5.74) is 0.999. The number of halogens is 1. The molecule has 0 aromatic carbocycles. The SMILES string of the molecule is CCNC(Cc1ccc(Br)s1)c1cnccn1. The molecule has 5 heteroatoms. The van der Waals surface area contributed by atoms with Gasteiger partial charge >= 0.3 is 0 Å². The van der Waals surface area contributed by atoms with Gasteiger partial charge in [-0.3, -0.25) is 9.97 Å². The van der Waals surface area contributed by atoms with Gasteiger partial charge in [-0.25, -0.2) is 0 Å². The van der Waals surface area contributed by atoms with Crippen LogP contribution in [0.2, 0.25) is 0 Å². The molecule has 1 N–H and O–H groups in total. The molecule has 3 nitrogen and oxygen atoms in total. The van der Waals surface area contributed by atoms with Crippen molar-refractivity contribution in [3.8, 4) is 0 Å². The molecule has 0 aliphatic rings. The van der Waals surface area contributed by atoms with Gasteiger partial charge in [0.15, 0.2) is 0 Å². The zero-order valence-corrected chi connectivity index (χ0v) is 12.0. The van der Waals surface area contributed by atoms with Crippen molar-refractivity contribution < 1.29 is 0 Å². The highest BCUT2D eigenvalue weighted by atomic mass is 79.9. The van der Waals surface area contributed by atoms with Crippen LogP contribution in [0.4, 0.5) is 0 Å². The van der Waals surface area contributed by atoms with Crippen LogP contribution in [-0.4, -0.2) is 16.5 Å². The Morgan fingerprint density at radius 2 is 2.29 bits per heavy atom. The maximum atomic E-state index is 4.37. The second kappa shape index (κ2) is 6.23. The van der Waals surface area contributed by atoms with Crippen molar-refractivity contribution in [2.45, 2.75) is 19.4 Å². The summed E-state index contributed by atoms with van der Waals surface area (Å²) >= 11 is 5.25. The fraction of sp³-hybridized carbons (Fsp3) is 0.333. The van der Waals surface area contributed by atoms with Gasteiger partial charge in [-0.05, 0) is 34.6 Å². The standard InChI is InChI=1S/C12H14BrN3S/c1-2-15-10(11-8-14-5-6-16-11)7-9-3-4-12(13)17-9/h3-6,8,10,15H,2,7H2,1H3. The van der Waals surface area contributed by atoms with Crippen molar-refractivity contribution in [3.63, 3.8) is 0 Å². The largest absolute Gasteiger partial charge is 0.309 e. The van der Waals surface area contributed by atoms with Gasteiger partial charge in [0, 0.05) is 29.9 Å². The highest BCUT2D eigenvalue weighted by molar-refractivity contribution is 9.11. The second-order valence-corrected chi connectivity index (χ2v) is 6.20. The third-order valence-corrected chi connectivity index (χ3v) is 4.07. The molecule has 0 radical (unpaired) electrons. The normalized spacial score (nSPS) is 12.6. The Hall–Kier alpha value is -0.780. The molecule has 90 valence electrons. The van der Waals surface area contributed by atoms with E-state index in [1.165, 1.54) is 8.66 Å². The molecule has 0 aliphatic carbocycles. The van der Waals surface area contributed by atoms with Gasteiger partial charge in [0.1, 0.15) is 0 Å². The molecule has 1 unspecified atom stereocenters. The first-order chi connectivity index (χ1) is 8.29. The average Bonchev–Trinajstić information content (AvgIpc) is 2.75. The van der Waals surface area contributed by atoms with Crippen molar-refractivity contribution >= 4 is 27.3 Å². The molecule has 1 atom stereocenters. The van der Waals surface area contributed by atoms with Gasteiger partial charge in [0.05, 0.1) is 15.5 Å². The molecule has 0 amide bonds. The summed E-state index contributed by atoms with van der Waals surface area (Å²) in [6.07, 6.45) is 6.22. The van der Waals surface area contributed by atoms with E-state index in [9.17, 15) is 0 Å². The van der Waals surface area contributed by atoms with Crippen LogP contribution in [0.25, 0.3) is 0 Å². The van der Waals surface area contributed by atoms with Gasteiger partial charge in [-0.2, -0.15) is 0 Å². The fourth-order valence-corrected chi connectivity index (χ4v) is 3.21. The molecule has 17 heavy (non-hydrogen) atoms. The zero-order chi connectivity index (χ0) is 12.1. The first-order valence-corrected chi connectivity index (χ1v) is 7.14. The first kappa shape index (κ1) is 12.7. The van der Waals surface area contributed by atoms with E-state index in [4.69, 9.17) is 0 Å². The monoisotopic (exact) mass is 311 g/mol. The summed E-state index contributed by atoms with van der Waals surface area (Å²) in [5.74, 6) is 0. The summed E-state index contributed by atoms with van der Waals surface area (Å²) < 4.78 is 1.17. The summed E-state index contributed by atoms with van der Waals surface area (Å²) in [6, 6.07) is 4.47. The third-order valence-electron chi connectivity index (χ3n) is 2.42. The number of nitrogens with zero attached hydrogens (tertiary/aromatic N) is 2. The van der Waals surface area contributed by atoms with Crippen molar-refractivity contribution in [2.24, 2.45) is 0 Å². The van der Waals surface area contributed by atoms with Crippen LogP contribution in [0.3, 0.4) is 0 Å². The Balaban J connectivity index is 2.13. The number of hydrogen-bond donors (Lipinski definition) is 1. The quantitative estimate of drug-likeness (QED) is 0.921. The molecule has 0 saturated carbocycles. The van der Waals surface area contributed by atoms with Crippen LogP contribution in [0.5, 0.6) is 0 Å². The number of hydrogen-bond acceptors (Lipinski definition) is 4. The summed E-state index contributed by atoms with van der Waals surface area (Å²) in [6.45, 7) is 3.03. The predicted molar refractivity (Wildman–Crippen MR) is 74.2 cm³/mol. The topological polar surface area (TPSA) is 37.8 Å². The lowest BCUT2D eigenvalue weighted by Gasteiger charge is -2.15. The molecule has 2 rings (SSSR count). The van der Waals surface area contributed by atoms with Crippen molar-refractivity contribution in [2.75, 3.05) is 6.54 Å². The maximum Gasteiger partial charge on any atom is 0.0759 e. The van der Waals surface area contributed by atoms with Crippen LogP contribution in [-0.2, 0) is 6.42 Å². The molecule has 0 saturated heterocycles. The number of aromatic nitrogens is 2. The molecule has 2 heterocycles. The van der Waals surface area contributed by atoms with Crippen LogP contribution in [0, 0.1) is 0 Å². The van der Waals surface area contributed by atoms with E-state index in [-0.39, 0.29) is 6.04 Å². The highest BCUT2D eigenvalue weighted by Gasteiger charge is 2.13. The fourth-order valence-electron chi connectivity index (χ4n) is 1.68. The van der Waals surface area contributed by atoms with Gasteiger partial charge in [-0.15, -0.1) is 11.3 Å². The first-order valence-electron chi connectivity index (χ1n) is 5.53. The van der Waals surface area contributed by atoms with Crippen LogP contribution >= 0.6 is 27.3 Å². The van der Waals surface area contributed by atoms with Crippen LogP contribution < -0.4 is 5.32 Å². The minimum absolute atomic E-state index is 0.235. The molecule has 0 fully saturated rings. The summed E-state index contributed by atoms with van der Waals surface area (Å²) in [5, 5.41) is 3.45. The van der Waals surface area contributed by atoms with Gasteiger partial charge < -0.3 is 5.32 Å². The number of likely N-dealkylation sites (N-methyl/N-ethyl adjacent to an activating group) is 1. The minimum Gasteiger partial charge on any atom is -0.309 e. The molecular formula is C12H14BrN3S. The van der Waals surface area contributed by atoms with Crippen molar-refractivity contribution in [3.05, 3.63) is 45.1 Å². The molecule has 0 spiro atoms. The second-order valence-electron chi connectivity index (χ2n) is 3.65. The zero-order valence-electron chi connectivity index (χ0n) is 9.56. The summed E-state index contributed by atoms with van der Waals surface area (Å²) in [4.78, 5) is 9.84. The Morgan fingerprint density at radius 3 is 2.88 bits per heavy atom. The van der Waals surface area contributed by atoms with E-state index < -0.39 is 0 Å². The van der Waals surface area contributed by atoms with Gasteiger partial charge in [0.2, 0.25) is 0 Å². The molecule has 2 aromatic rings.